The molecule has 0 aliphatic rings. The van der Waals surface area contributed by atoms with Crippen molar-refractivity contribution < 1.29 is 5.11 Å². The van der Waals surface area contributed by atoms with E-state index in [-0.39, 0.29) is 5.75 Å². The lowest BCUT2D eigenvalue weighted by Gasteiger charge is -2.09. The van der Waals surface area contributed by atoms with E-state index in [9.17, 15) is 5.11 Å². The highest BCUT2D eigenvalue weighted by atomic mass is 79.9. The van der Waals surface area contributed by atoms with Gasteiger partial charge in [-0.25, -0.2) is 4.98 Å². The first-order chi connectivity index (χ1) is 11.7. The fourth-order valence-corrected chi connectivity index (χ4v) is 2.82. The number of fused-ring (bicyclic) bond motifs is 1. The molecule has 0 aliphatic carbocycles. The summed E-state index contributed by atoms with van der Waals surface area (Å²) in [5.41, 5.74) is 2.97. The molecule has 0 bridgehead atoms. The molecule has 118 valence electrons. The Hall–Kier alpha value is -2.86. The van der Waals surface area contributed by atoms with Gasteiger partial charge in [0, 0.05) is 28.1 Å². The van der Waals surface area contributed by atoms with E-state index in [1.807, 2.05) is 47.0 Å². The maximum absolute atomic E-state index is 10.2. The van der Waals surface area contributed by atoms with Gasteiger partial charge in [-0.05, 0) is 36.4 Å². The molecule has 2 aromatic heterocycles. The van der Waals surface area contributed by atoms with Crippen LogP contribution in [-0.2, 0) is 0 Å². The summed E-state index contributed by atoms with van der Waals surface area (Å²) in [4.78, 5) is 8.75. The lowest BCUT2D eigenvalue weighted by molar-refractivity contribution is 0.477. The smallest absolute Gasteiger partial charge is 0.157 e. The summed E-state index contributed by atoms with van der Waals surface area (Å²) >= 11 is 3.44. The van der Waals surface area contributed by atoms with Crippen molar-refractivity contribution >= 4 is 33.1 Å². The topological polar surface area (TPSA) is 62.5 Å². The number of hydrogen-bond acceptors (Lipinski definition) is 4. The van der Waals surface area contributed by atoms with E-state index < -0.39 is 0 Å². The third-order valence-corrected chi connectivity index (χ3v) is 4.22. The van der Waals surface area contributed by atoms with Crippen LogP contribution < -0.4 is 5.32 Å². The lowest BCUT2D eigenvalue weighted by atomic mass is 10.1. The van der Waals surface area contributed by atoms with Crippen LogP contribution in [-0.4, -0.2) is 19.5 Å². The summed E-state index contributed by atoms with van der Waals surface area (Å²) in [5, 5.41) is 13.6. The summed E-state index contributed by atoms with van der Waals surface area (Å²) in [7, 11) is 0. The Morgan fingerprint density at radius 1 is 1.04 bits per heavy atom. The molecule has 0 unspecified atom stereocenters. The van der Waals surface area contributed by atoms with Gasteiger partial charge in [0.2, 0.25) is 0 Å². The van der Waals surface area contributed by atoms with Crippen LogP contribution in [0.1, 0.15) is 0 Å². The van der Waals surface area contributed by atoms with Crippen LogP contribution in [0.3, 0.4) is 0 Å². The number of hydrogen-bond donors (Lipinski definition) is 2. The molecule has 2 N–H and O–H groups in total. The number of rotatable bonds is 3. The highest BCUT2D eigenvalue weighted by Crippen LogP contribution is 2.35. The van der Waals surface area contributed by atoms with Crippen molar-refractivity contribution in [2.75, 3.05) is 5.32 Å². The molecule has 4 aromatic rings. The quantitative estimate of drug-likeness (QED) is 0.544. The summed E-state index contributed by atoms with van der Waals surface area (Å²) in [6, 6.07) is 15.0. The normalized spacial score (nSPS) is 10.9. The van der Waals surface area contributed by atoms with Crippen LogP contribution in [0.15, 0.2) is 71.6 Å². The summed E-state index contributed by atoms with van der Waals surface area (Å²) < 4.78 is 2.92. The molecule has 0 radical (unpaired) electrons. The van der Waals surface area contributed by atoms with Gasteiger partial charge in [0.15, 0.2) is 5.65 Å². The predicted octanol–water partition coefficient (Wildman–Crippen LogP) is 4.61. The third kappa shape index (κ3) is 2.61. The molecule has 0 saturated heterocycles. The Labute approximate surface area is 146 Å². The lowest BCUT2D eigenvalue weighted by Crippen LogP contribution is -1.97. The van der Waals surface area contributed by atoms with E-state index in [0.717, 1.165) is 16.0 Å². The second kappa shape index (κ2) is 5.98. The number of benzene rings is 2. The maximum Gasteiger partial charge on any atom is 0.157 e. The first-order valence-corrected chi connectivity index (χ1v) is 8.15. The SMILES string of the molecule is Oc1ccccc1-c1nc2cnccn2c1Nc1ccc(Br)cc1. The number of para-hydroxylation sites is 1. The van der Waals surface area contributed by atoms with Gasteiger partial charge in [0.25, 0.3) is 0 Å². The largest absolute Gasteiger partial charge is 0.507 e. The second-order valence-electron chi connectivity index (χ2n) is 5.26. The van der Waals surface area contributed by atoms with Gasteiger partial charge in [-0.2, -0.15) is 0 Å². The third-order valence-electron chi connectivity index (χ3n) is 3.70. The Kier molecular flexibility index (Phi) is 3.66. The molecule has 0 amide bonds. The van der Waals surface area contributed by atoms with E-state index >= 15 is 0 Å². The van der Waals surface area contributed by atoms with Crippen molar-refractivity contribution in [1.29, 1.82) is 0 Å². The van der Waals surface area contributed by atoms with Crippen LogP contribution in [0.5, 0.6) is 5.75 Å². The number of anilines is 2. The zero-order chi connectivity index (χ0) is 16.5. The number of aromatic nitrogens is 3. The fraction of sp³-hybridized carbons (Fsp3) is 0. The van der Waals surface area contributed by atoms with E-state index in [4.69, 9.17) is 0 Å². The molecule has 0 fully saturated rings. The Morgan fingerprint density at radius 3 is 2.62 bits per heavy atom. The van der Waals surface area contributed by atoms with Crippen LogP contribution in [0.4, 0.5) is 11.5 Å². The number of phenolic OH excluding ortho intramolecular Hbond substituents is 1. The molecule has 0 atom stereocenters. The molecule has 24 heavy (non-hydrogen) atoms. The number of phenols is 1. The molecular formula is C18H13BrN4O. The highest BCUT2D eigenvalue weighted by molar-refractivity contribution is 9.10. The van der Waals surface area contributed by atoms with Crippen molar-refractivity contribution in [3.63, 3.8) is 0 Å². The Balaban J connectivity index is 1.90. The highest BCUT2D eigenvalue weighted by Gasteiger charge is 2.16. The van der Waals surface area contributed by atoms with Crippen molar-refractivity contribution in [3.05, 3.63) is 71.6 Å². The standard InChI is InChI=1S/C18H13BrN4O/c19-12-5-7-13(8-6-12)21-18-17(14-3-1-2-4-15(14)24)22-16-11-20-9-10-23(16)18/h1-11,21,24H. The minimum atomic E-state index is 0.188. The van der Waals surface area contributed by atoms with Crippen molar-refractivity contribution in [2.45, 2.75) is 0 Å². The van der Waals surface area contributed by atoms with Gasteiger partial charge in [-0.3, -0.25) is 9.38 Å². The van der Waals surface area contributed by atoms with Crippen LogP contribution in [0.2, 0.25) is 0 Å². The van der Waals surface area contributed by atoms with Crippen LogP contribution >= 0.6 is 15.9 Å². The van der Waals surface area contributed by atoms with Gasteiger partial charge < -0.3 is 10.4 Å². The molecule has 2 heterocycles. The first kappa shape index (κ1) is 14.7. The molecule has 5 nitrogen and oxygen atoms in total. The molecule has 4 rings (SSSR count). The molecule has 0 saturated carbocycles. The van der Waals surface area contributed by atoms with Gasteiger partial charge in [0.05, 0.1) is 6.20 Å². The first-order valence-electron chi connectivity index (χ1n) is 7.35. The van der Waals surface area contributed by atoms with E-state index in [1.54, 1.807) is 24.5 Å². The Bertz CT molecular complexity index is 1010. The summed E-state index contributed by atoms with van der Waals surface area (Å²) in [6.45, 7) is 0. The Morgan fingerprint density at radius 2 is 1.83 bits per heavy atom. The van der Waals surface area contributed by atoms with E-state index in [1.165, 1.54) is 0 Å². The summed E-state index contributed by atoms with van der Waals surface area (Å²) in [5.74, 6) is 0.962. The van der Waals surface area contributed by atoms with Crippen LogP contribution in [0.25, 0.3) is 16.9 Å². The van der Waals surface area contributed by atoms with Gasteiger partial charge >= 0.3 is 0 Å². The van der Waals surface area contributed by atoms with Gasteiger partial charge in [-0.15, -0.1) is 0 Å². The van der Waals surface area contributed by atoms with Crippen LogP contribution in [0, 0.1) is 0 Å². The van der Waals surface area contributed by atoms with Gasteiger partial charge in [0.1, 0.15) is 17.3 Å². The van der Waals surface area contributed by atoms with Crippen molar-refractivity contribution in [1.82, 2.24) is 14.4 Å². The average Bonchev–Trinajstić information content (AvgIpc) is 2.96. The van der Waals surface area contributed by atoms with E-state index in [2.05, 4.69) is 31.2 Å². The second-order valence-corrected chi connectivity index (χ2v) is 6.18. The average molecular weight is 381 g/mol. The molecule has 0 aliphatic heterocycles. The molecular weight excluding hydrogens is 368 g/mol. The fourth-order valence-electron chi connectivity index (χ4n) is 2.56. The monoisotopic (exact) mass is 380 g/mol. The number of nitrogens with zero attached hydrogens (tertiary/aromatic N) is 3. The number of nitrogens with one attached hydrogen (secondary N) is 1. The minimum Gasteiger partial charge on any atom is -0.507 e. The minimum absolute atomic E-state index is 0.188. The predicted molar refractivity (Wildman–Crippen MR) is 97.5 cm³/mol. The van der Waals surface area contributed by atoms with Crippen molar-refractivity contribution in [3.8, 4) is 17.0 Å². The zero-order valence-electron chi connectivity index (χ0n) is 12.5. The number of imidazole rings is 1. The maximum atomic E-state index is 10.2. The number of halogens is 1. The molecule has 0 spiro atoms. The molecule has 2 aromatic carbocycles. The van der Waals surface area contributed by atoms with Crippen molar-refractivity contribution in [2.24, 2.45) is 0 Å². The van der Waals surface area contributed by atoms with Gasteiger partial charge in [-0.1, -0.05) is 28.1 Å². The summed E-state index contributed by atoms with van der Waals surface area (Å²) in [6.07, 6.45) is 5.24. The molecule has 6 heteroatoms. The zero-order valence-corrected chi connectivity index (χ0v) is 14.1. The number of aromatic hydroxyl groups is 1. The van der Waals surface area contributed by atoms with E-state index in [0.29, 0.717) is 16.9 Å².